The van der Waals surface area contributed by atoms with Gasteiger partial charge in [-0.3, -0.25) is 4.72 Å². The smallest absolute Gasteiger partial charge is 0.239 e. The zero-order valence-corrected chi connectivity index (χ0v) is 12.7. The van der Waals surface area contributed by atoms with Crippen molar-refractivity contribution in [3.63, 3.8) is 0 Å². The number of aliphatic hydroxyl groups excluding tert-OH is 1. The van der Waals surface area contributed by atoms with Crippen LogP contribution in [0.3, 0.4) is 0 Å². The van der Waals surface area contributed by atoms with Crippen LogP contribution in [0.2, 0.25) is 0 Å². The second kappa shape index (κ2) is 5.22. The third kappa shape index (κ3) is 2.98. The van der Waals surface area contributed by atoms with E-state index in [-0.39, 0.29) is 24.9 Å². The lowest BCUT2D eigenvalue weighted by atomic mass is 10.5. The third-order valence-electron chi connectivity index (χ3n) is 2.92. The van der Waals surface area contributed by atoms with Crippen LogP contribution in [0.15, 0.2) is 10.8 Å². The first kappa shape index (κ1) is 14.5. The molecule has 2 rings (SSSR count). The zero-order chi connectivity index (χ0) is 14.1. The molecule has 1 aromatic heterocycles. The Bertz CT molecular complexity index is 574. The van der Waals surface area contributed by atoms with Crippen LogP contribution >= 0.6 is 15.9 Å². The summed E-state index contributed by atoms with van der Waals surface area (Å²) in [6.07, 6.45) is 2.47. The van der Waals surface area contributed by atoms with Crippen LogP contribution in [0.1, 0.15) is 19.8 Å². The van der Waals surface area contributed by atoms with Crippen molar-refractivity contribution in [3.05, 3.63) is 10.8 Å². The number of rotatable bonds is 6. The van der Waals surface area contributed by atoms with E-state index in [1.54, 1.807) is 6.92 Å². The van der Waals surface area contributed by atoms with E-state index in [4.69, 9.17) is 9.84 Å². The number of nitrogens with zero attached hydrogens (tertiary/aromatic N) is 2. The number of sulfonamides is 1. The predicted octanol–water partition coefficient (Wildman–Crippen LogP) is 0.904. The second-order valence-corrected chi connectivity index (χ2v) is 7.46. The maximum absolute atomic E-state index is 12.1. The van der Waals surface area contributed by atoms with Crippen molar-refractivity contribution in [2.75, 3.05) is 17.9 Å². The standard InChI is InChI=1S/C10H14BrN3O4S/c1-10(2-3-10)19(16,17)14-8-7(11)9(13-6-12-8)18-5-4-15/h6,15H,2-5H2,1H3,(H,12,13,14). The maximum atomic E-state index is 12.1. The normalized spacial score (nSPS) is 17.0. The molecule has 0 aromatic carbocycles. The van der Waals surface area contributed by atoms with Crippen molar-refractivity contribution in [2.24, 2.45) is 0 Å². The van der Waals surface area contributed by atoms with Gasteiger partial charge in [-0.05, 0) is 35.7 Å². The number of nitrogens with one attached hydrogen (secondary N) is 1. The molecule has 0 saturated heterocycles. The molecule has 9 heteroatoms. The number of aliphatic hydroxyl groups is 1. The van der Waals surface area contributed by atoms with Gasteiger partial charge in [0, 0.05) is 0 Å². The lowest BCUT2D eigenvalue weighted by molar-refractivity contribution is 0.196. The number of halogens is 1. The van der Waals surface area contributed by atoms with Gasteiger partial charge < -0.3 is 9.84 Å². The molecule has 1 fully saturated rings. The van der Waals surface area contributed by atoms with E-state index in [0.29, 0.717) is 17.3 Å². The Balaban J connectivity index is 2.21. The van der Waals surface area contributed by atoms with Gasteiger partial charge in [0.25, 0.3) is 0 Å². The van der Waals surface area contributed by atoms with Crippen LogP contribution in [-0.4, -0.2) is 41.5 Å². The van der Waals surface area contributed by atoms with Gasteiger partial charge in [-0.1, -0.05) is 0 Å². The minimum Gasteiger partial charge on any atom is -0.474 e. The lowest BCUT2D eigenvalue weighted by Gasteiger charge is -2.14. The molecule has 0 atom stereocenters. The summed E-state index contributed by atoms with van der Waals surface area (Å²) in [6, 6.07) is 0. The highest BCUT2D eigenvalue weighted by atomic mass is 79.9. The van der Waals surface area contributed by atoms with Gasteiger partial charge in [0.15, 0.2) is 5.82 Å². The number of hydrogen-bond acceptors (Lipinski definition) is 6. The van der Waals surface area contributed by atoms with Crippen molar-refractivity contribution >= 4 is 31.8 Å². The molecule has 106 valence electrons. The summed E-state index contributed by atoms with van der Waals surface area (Å²) in [4.78, 5) is 7.74. The SMILES string of the molecule is CC1(S(=O)(=O)Nc2ncnc(OCCO)c2Br)CC1. The van der Waals surface area contributed by atoms with Gasteiger partial charge in [-0.2, -0.15) is 0 Å². The van der Waals surface area contributed by atoms with Crippen LogP contribution in [0, 0.1) is 0 Å². The number of aromatic nitrogens is 2. The molecule has 7 nitrogen and oxygen atoms in total. The van der Waals surface area contributed by atoms with E-state index in [9.17, 15) is 8.42 Å². The fourth-order valence-electron chi connectivity index (χ4n) is 1.36. The van der Waals surface area contributed by atoms with E-state index >= 15 is 0 Å². The Morgan fingerprint density at radius 2 is 2.21 bits per heavy atom. The van der Waals surface area contributed by atoms with Crippen molar-refractivity contribution < 1.29 is 18.3 Å². The highest BCUT2D eigenvalue weighted by molar-refractivity contribution is 9.10. The molecule has 0 aliphatic heterocycles. The predicted molar refractivity (Wildman–Crippen MR) is 72.5 cm³/mol. The van der Waals surface area contributed by atoms with Crippen molar-refractivity contribution in [2.45, 2.75) is 24.5 Å². The summed E-state index contributed by atoms with van der Waals surface area (Å²) in [6.45, 7) is 1.60. The topological polar surface area (TPSA) is 101 Å². The highest BCUT2D eigenvalue weighted by Gasteiger charge is 2.50. The molecule has 1 saturated carbocycles. The molecule has 0 radical (unpaired) electrons. The summed E-state index contributed by atoms with van der Waals surface area (Å²) < 4.78 is 31.4. The van der Waals surface area contributed by atoms with Crippen LogP contribution in [-0.2, 0) is 10.0 Å². The molecule has 0 unspecified atom stereocenters. The fraction of sp³-hybridized carbons (Fsp3) is 0.600. The average molecular weight is 352 g/mol. The second-order valence-electron chi connectivity index (χ2n) is 4.47. The average Bonchev–Trinajstić information content (AvgIpc) is 3.10. The maximum Gasteiger partial charge on any atom is 0.239 e. The van der Waals surface area contributed by atoms with Gasteiger partial charge in [0.05, 0.1) is 11.4 Å². The molecule has 1 aliphatic rings. The number of hydrogen-bond donors (Lipinski definition) is 2. The minimum absolute atomic E-state index is 0.0690. The van der Waals surface area contributed by atoms with E-state index in [2.05, 4.69) is 30.6 Å². The van der Waals surface area contributed by atoms with Gasteiger partial charge in [0.1, 0.15) is 17.4 Å². The third-order valence-corrected chi connectivity index (χ3v) is 5.80. The van der Waals surface area contributed by atoms with E-state index in [1.165, 1.54) is 6.33 Å². The van der Waals surface area contributed by atoms with Crippen LogP contribution in [0.4, 0.5) is 5.82 Å². The number of ether oxygens (including phenoxy) is 1. The van der Waals surface area contributed by atoms with Crippen LogP contribution in [0.5, 0.6) is 5.88 Å². The van der Waals surface area contributed by atoms with E-state index in [1.807, 2.05) is 0 Å². The Labute approximate surface area is 119 Å². The van der Waals surface area contributed by atoms with Gasteiger partial charge in [0.2, 0.25) is 15.9 Å². The summed E-state index contributed by atoms with van der Waals surface area (Å²) in [5.41, 5.74) is 0. The molecule has 19 heavy (non-hydrogen) atoms. The van der Waals surface area contributed by atoms with Gasteiger partial charge >= 0.3 is 0 Å². The molecule has 0 bridgehead atoms. The zero-order valence-electron chi connectivity index (χ0n) is 10.3. The first-order valence-electron chi connectivity index (χ1n) is 5.66. The molecule has 1 heterocycles. The number of anilines is 1. The monoisotopic (exact) mass is 351 g/mol. The molecule has 0 amide bonds. The quantitative estimate of drug-likeness (QED) is 0.789. The lowest BCUT2D eigenvalue weighted by Crippen LogP contribution is -2.27. The Kier molecular flexibility index (Phi) is 3.98. The van der Waals surface area contributed by atoms with Crippen molar-refractivity contribution in [3.8, 4) is 5.88 Å². The van der Waals surface area contributed by atoms with Gasteiger partial charge in [-0.25, -0.2) is 18.4 Å². The molecule has 1 aromatic rings. The Morgan fingerprint density at radius 1 is 1.53 bits per heavy atom. The van der Waals surface area contributed by atoms with Crippen molar-refractivity contribution in [1.29, 1.82) is 0 Å². The van der Waals surface area contributed by atoms with Crippen LogP contribution < -0.4 is 9.46 Å². The molecular weight excluding hydrogens is 338 g/mol. The highest BCUT2D eigenvalue weighted by Crippen LogP contribution is 2.44. The molecular formula is C10H14BrN3O4S. The minimum atomic E-state index is -3.47. The van der Waals surface area contributed by atoms with E-state index < -0.39 is 14.8 Å². The Hall–Kier alpha value is -0.930. The Morgan fingerprint density at radius 3 is 2.79 bits per heavy atom. The summed E-state index contributed by atoms with van der Waals surface area (Å²) in [5.74, 6) is 0.318. The summed E-state index contributed by atoms with van der Waals surface area (Å²) >= 11 is 3.19. The van der Waals surface area contributed by atoms with E-state index in [0.717, 1.165) is 0 Å². The van der Waals surface area contributed by atoms with Gasteiger partial charge in [-0.15, -0.1) is 0 Å². The van der Waals surface area contributed by atoms with Crippen LogP contribution in [0.25, 0.3) is 0 Å². The molecule has 2 N–H and O–H groups in total. The largest absolute Gasteiger partial charge is 0.474 e. The summed E-state index contributed by atoms with van der Waals surface area (Å²) in [5, 5.41) is 8.69. The first-order valence-corrected chi connectivity index (χ1v) is 7.94. The first-order chi connectivity index (χ1) is 8.89. The summed E-state index contributed by atoms with van der Waals surface area (Å²) in [7, 11) is -3.47. The fourth-order valence-corrected chi connectivity index (χ4v) is 3.21. The van der Waals surface area contributed by atoms with Crippen molar-refractivity contribution in [1.82, 2.24) is 9.97 Å². The molecule has 0 spiro atoms. The molecule has 1 aliphatic carbocycles.